The van der Waals surface area contributed by atoms with Crippen molar-refractivity contribution in [2.75, 3.05) is 0 Å². The zero-order valence-corrected chi connectivity index (χ0v) is 10.3. The maximum atomic E-state index is 10.3. The summed E-state index contributed by atoms with van der Waals surface area (Å²) in [5.41, 5.74) is 3.50. The van der Waals surface area contributed by atoms with Gasteiger partial charge in [0.1, 0.15) is 5.82 Å². The molecule has 3 heteroatoms. The average molecular weight is 230 g/mol. The minimum Gasteiger partial charge on any atom is -0.388 e. The van der Waals surface area contributed by atoms with E-state index in [2.05, 4.69) is 29.9 Å². The fourth-order valence-electron chi connectivity index (χ4n) is 2.22. The number of benzene rings is 1. The first-order chi connectivity index (χ1) is 8.22. The number of nitrogens with one attached hydrogen (secondary N) is 1. The maximum Gasteiger partial charge on any atom is 0.108 e. The van der Waals surface area contributed by atoms with Crippen LogP contribution in [-0.4, -0.2) is 15.1 Å². The number of hydrogen-bond acceptors (Lipinski definition) is 2. The molecule has 0 aliphatic rings. The molecule has 0 aliphatic heterocycles. The Balaban J connectivity index is 2.24. The van der Waals surface area contributed by atoms with Gasteiger partial charge in [-0.2, -0.15) is 0 Å². The zero-order valence-electron chi connectivity index (χ0n) is 10.3. The molecule has 1 heterocycles. The number of aryl methyl sites for hydroxylation is 1. The molecule has 1 aromatic carbocycles. The van der Waals surface area contributed by atoms with Crippen molar-refractivity contribution >= 4 is 0 Å². The first-order valence-electron chi connectivity index (χ1n) is 5.97. The predicted molar refractivity (Wildman–Crippen MR) is 67.8 cm³/mol. The standard InChI is InChI=1S/C14H18N2O/c1-3-11-10(2)5-4-6-12(11)13(17)9-14-15-7-8-16-14/h4-8,13,17H,3,9H2,1-2H3,(H,15,16). The summed E-state index contributed by atoms with van der Waals surface area (Å²) < 4.78 is 0. The highest BCUT2D eigenvalue weighted by Gasteiger charge is 2.14. The van der Waals surface area contributed by atoms with Crippen molar-refractivity contribution in [2.45, 2.75) is 32.8 Å². The predicted octanol–water partition coefficient (Wildman–Crippen LogP) is 2.56. The minimum absolute atomic E-state index is 0.490. The Labute approximate surface area is 102 Å². The van der Waals surface area contributed by atoms with Gasteiger partial charge in [-0.15, -0.1) is 0 Å². The van der Waals surface area contributed by atoms with E-state index in [4.69, 9.17) is 0 Å². The number of rotatable bonds is 4. The number of aromatic nitrogens is 2. The van der Waals surface area contributed by atoms with E-state index in [-0.39, 0.29) is 0 Å². The number of H-pyrrole nitrogens is 1. The maximum absolute atomic E-state index is 10.3. The molecule has 2 aromatic rings. The van der Waals surface area contributed by atoms with Crippen molar-refractivity contribution < 1.29 is 5.11 Å². The van der Waals surface area contributed by atoms with Crippen molar-refractivity contribution in [1.82, 2.24) is 9.97 Å². The van der Waals surface area contributed by atoms with Crippen LogP contribution in [0, 0.1) is 6.92 Å². The van der Waals surface area contributed by atoms with Crippen LogP contribution in [0.15, 0.2) is 30.6 Å². The van der Waals surface area contributed by atoms with Gasteiger partial charge in [0.15, 0.2) is 0 Å². The van der Waals surface area contributed by atoms with Gasteiger partial charge < -0.3 is 10.1 Å². The van der Waals surface area contributed by atoms with Crippen molar-refractivity contribution in [3.63, 3.8) is 0 Å². The Kier molecular flexibility index (Phi) is 3.59. The molecule has 0 aliphatic carbocycles. The van der Waals surface area contributed by atoms with Crippen LogP contribution in [0.5, 0.6) is 0 Å². The van der Waals surface area contributed by atoms with Crippen LogP contribution in [0.25, 0.3) is 0 Å². The Morgan fingerprint density at radius 1 is 1.41 bits per heavy atom. The third-order valence-corrected chi connectivity index (χ3v) is 3.10. The van der Waals surface area contributed by atoms with E-state index in [1.54, 1.807) is 12.4 Å². The number of hydrogen-bond donors (Lipinski definition) is 2. The summed E-state index contributed by atoms with van der Waals surface area (Å²) in [6.45, 7) is 4.20. The van der Waals surface area contributed by atoms with Gasteiger partial charge in [-0.05, 0) is 30.0 Å². The highest BCUT2D eigenvalue weighted by Crippen LogP contribution is 2.23. The summed E-state index contributed by atoms with van der Waals surface area (Å²) in [4.78, 5) is 7.16. The Hall–Kier alpha value is -1.61. The molecule has 1 unspecified atom stereocenters. The van der Waals surface area contributed by atoms with Gasteiger partial charge in [-0.25, -0.2) is 4.98 Å². The van der Waals surface area contributed by atoms with Gasteiger partial charge in [-0.1, -0.05) is 25.1 Å². The molecule has 0 fully saturated rings. The highest BCUT2D eigenvalue weighted by atomic mass is 16.3. The van der Waals surface area contributed by atoms with Crippen LogP contribution >= 0.6 is 0 Å². The largest absolute Gasteiger partial charge is 0.388 e. The number of nitrogens with zero attached hydrogens (tertiary/aromatic N) is 1. The lowest BCUT2D eigenvalue weighted by atomic mass is 9.94. The molecule has 3 nitrogen and oxygen atoms in total. The lowest BCUT2D eigenvalue weighted by Crippen LogP contribution is -2.07. The SMILES string of the molecule is CCc1c(C)cccc1C(O)Cc1ncc[nH]1. The van der Waals surface area contributed by atoms with Crippen LogP contribution < -0.4 is 0 Å². The molecule has 17 heavy (non-hydrogen) atoms. The van der Waals surface area contributed by atoms with E-state index in [0.29, 0.717) is 6.42 Å². The summed E-state index contributed by atoms with van der Waals surface area (Å²) in [5.74, 6) is 0.820. The van der Waals surface area contributed by atoms with Crippen molar-refractivity contribution in [3.8, 4) is 0 Å². The zero-order chi connectivity index (χ0) is 12.3. The highest BCUT2D eigenvalue weighted by molar-refractivity contribution is 5.36. The van der Waals surface area contributed by atoms with Gasteiger partial charge >= 0.3 is 0 Å². The van der Waals surface area contributed by atoms with Gasteiger partial charge in [0, 0.05) is 18.8 Å². The molecular weight excluding hydrogens is 212 g/mol. The van der Waals surface area contributed by atoms with Crippen LogP contribution in [0.3, 0.4) is 0 Å². The second-order valence-corrected chi connectivity index (χ2v) is 4.25. The number of imidazole rings is 1. The number of aliphatic hydroxyl groups excluding tert-OH is 1. The lowest BCUT2D eigenvalue weighted by Gasteiger charge is -2.15. The monoisotopic (exact) mass is 230 g/mol. The van der Waals surface area contributed by atoms with Gasteiger partial charge in [-0.3, -0.25) is 0 Å². The molecular formula is C14H18N2O. The second kappa shape index (κ2) is 5.15. The molecule has 0 saturated carbocycles. The van der Waals surface area contributed by atoms with Crippen molar-refractivity contribution in [1.29, 1.82) is 0 Å². The quantitative estimate of drug-likeness (QED) is 0.848. The van der Waals surface area contributed by atoms with Crippen LogP contribution in [0.2, 0.25) is 0 Å². The topological polar surface area (TPSA) is 48.9 Å². The van der Waals surface area contributed by atoms with Crippen LogP contribution in [-0.2, 0) is 12.8 Å². The minimum atomic E-state index is -0.490. The summed E-state index contributed by atoms with van der Waals surface area (Å²) >= 11 is 0. The second-order valence-electron chi connectivity index (χ2n) is 4.25. The smallest absolute Gasteiger partial charge is 0.108 e. The Morgan fingerprint density at radius 3 is 2.88 bits per heavy atom. The van der Waals surface area contributed by atoms with Crippen LogP contribution in [0.1, 0.15) is 35.5 Å². The van der Waals surface area contributed by atoms with Crippen LogP contribution in [0.4, 0.5) is 0 Å². The van der Waals surface area contributed by atoms with E-state index in [9.17, 15) is 5.11 Å². The molecule has 0 spiro atoms. The van der Waals surface area contributed by atoms with Gasteiger partial charge in [0.05, 0.1) is 6.10 Å². The Morgan fingerprint density at radius 2 is 2.24 bits per heavy atom. The van der Waals surface area contributed by atoms with E-state index in [0.717, 1.165) is 17.8 Å². The van der Waals surface area contributed by atoms with Gasteiger partial charge in [0.2, 0.25) is 0 Å². The van der Waals surface area contributed by atoms with E-state index in [1.807, 2.05) is 12.1 Å². The molecule has 90 valence electrons. The fraction of sp³-hybridized carbons (Fsp3) is 0.357. The molecule has 0 bridgehead atoms. The third-order valence-electron chi connectivity index (χ3n) is 3.10. The average Bonchev–Trinajstić information content (AvgIpc) is 2.81. The fourth-order valence-corrected chi connectivity index (χ4v) is 2.22. The van der Waals surface area contributed by atoms with E-state index in [1.165, 1.54) is 11.1 Å². The molecule has 2 N–H and O–H groups in total. The van der Waals surface area contributed by atoms with Crippen molar-refractivity contribution in [3.05, 3.63) is 53.1 Å². The number of aromatic amines is 1. The molecule has 1 atom stereocenters. The molecule has 2 rings (SSSR count). The first kappa shape index (κ1) is 11.9. The first-order valence-corrected chi connectivity index (χ1v) is 5.97. The molecule has 0 saturated heterocycles. The molecule has 0 radical (unpaired) electrons. The van der Waals surface area contributed by atoms with E-state index < -0.39 is 6.10 Å². The Bertz CT molecular complexity index is 477. The molecule has 1 aromatic heterocycles. The number of aliphatic hydroxyl groups is 1. The van der Waals surface area contributed by atoms with Gasteiger partial charge in [0.25, 0.3) is 0 Å². The van der Waals surface area contributed by atoms with Crippen molar-refractivity contribution in [2.24, 2.45) is 0 Å². The summed E-state index contributed by atoms with van der Waals surface area (Å²) in [5, 5.41) is 10.3. The lowest BCUT2D eigenvalue weighted by molar-refractivity contribution is 0.175. The third kappa shape index (κ3) is 2.56. The summed E-state index contributed by atoms with van der Waals surface area (Å²) in [6.07, 6.45) is 4.47. The normalized spacial score (nSPS) is 12.6. The van der Waals surface area contributed by atoms with E-state index >= 15 is 0 Å². The summed E-state index contributed by atoms with van der Waals surface area (Å²) in [7, 11) is 0. The molecule has 0 amide bonds. The summed E-state index contributed by atoms with van der Waals surface area (Å²) in [6, 6.07) is 6.08.